The van der Waals surface area contributed by atoms with Gasteiger partial charge in [0.1, 0.15) is 20.3 Å². The summed E-state index contributed by atoms with van der Waals surface area (Å²) in [5, 5.41) is 0.0279. The van der Waals surface area contributed by atoms with Crippen LogP contribution < -0.4 is 0 Å². The topological polar surface area (TPSA) is 44.8 Å². The summed E-state index contributed by atoms with van der Waals surface area (Å²) in [6.45, 7) is 21.5. The lowest BCUT2D eigenvalue weighted by atomic mass is 10.1. The van der Waals surface area contributed by atoms with Crippen LogP contribution in [0.15, 0.2) is 43.0 Å². The number of benzene rings is 1. The number of ether oxygens (including phenoxy) is 2. The SMILES string of the molecule is C=C[C@H](C[C@H](O[Si](C)(C)C(C)(C)C)[C@@H](C#C[Si](C)(C)C)OC)OC(=O)c1ccccc1. The second kappa shape index (κ2) is 11.3. The standard InChI is InChI=1S/C25H40O4Si2/c1-11-21(28-24(26)20-15-13-12-14-16-20)19-23(29-31(9,10)25(2,3)4)22(27-5)17-18-30(6,7)8/h11-16,21-23H,1,19H2,2-10H3/t21-,22-,23+/m1/s1. The first kappa shape index (κ1) is 27.4. The Kier molecular flexibility index (Phi) is 9.96. The molecule has 0 aliphatic heterocycles. The van der Waals surface area contributed by atoms with E-state index < -0.39 is 28.6 Å². The largest absolute Gasteiger partial charge is 0.454 e. The molecule has 1 aromatic carbocycles. The third kappa shape index (κ3) is 9.16. The number of rotatable bonds is 9. The van der Waals surface area contributed by atoms with Crippen LogP contribution in [-0.2, 0) is 13.9 Å². The van der Waals surface area contributed by atoms with Gasteiger partial charge in [-0.15, -0.1) is 5.54 Å². The maximum absolute atomic E-state index is 12.6. The molecule has 0 aliphatic rings. The van der Waals surface area contributed by atoms with Gasteiger partial charge in [0.05, 0.1) is 11.7 Å². The Morgan fingerprint density at radius 2 is 1.71 bits per heavy atom. The van der Waals surface area contributed by atoms with Crippen molar-refractivity contribution in [3.63, 3.8) is 0 Å². The van der Waals surface area contributed by atoms with Gasteiger partial charge in [-0.3, -0.25) is 0 Å². The van der Waals surface area contributed by atoms with E-state index in [9.17, 15) is 4.79 Å². The number of hydrogen-bond donors (Lipinski definition) is 0. The smallest absolute Gasteiger partial charge is 0.338 e. The highest BCUT2D eigenvalue weighted by Crippen LogP contribution is 2.38. The van der Waals surface area contributed by atoms with Crippen LogP contribution in [0.3, 0.4) is 0 Å². The average molecular weight is 461 g/mol. The maximum atomic E-state index is 12.6. The first-order valence-corrected chi connectivity index (χ1v) is 17.2. The fourth-order valence-corrected chi connectivity index (χ4v) is 4.49. The molecule has 0 unspecified atom stereocenters. The molecule has 0 saturated carbocycles. The summed E-state index contributed by atoms with van der Waals surface area (Å²) in [4.78, 5) is 12.6. The minimum absolute atomic E-state index is 0.0279. The van der Waals surface area contributed by atoms with Crippen molar-refractivity contribution in [1.82, 2.24) is 0 Å². The van der Waals surface area contributed by atoms with Gasteiger partial charge in [0.25, 0.3) is 0 Å². The molecule has 4 nitrogen and oxygen atoms in total. The third-order valence-corrected chi connectivity index (χ3v) is 10.8. The van der Waals surface area contributed by atoms with Gasteiger partial charge in [-0.1, -0.05) is 77.2 Å². The Balaban J connectivity index is 3.16. The van der Waals surface area contributed by atoms with Crippen LogP contribution in [-0.4, -0.2) is 47.8 Å². The number of hydrogen-bond acceptors (Lipinski definition) is 4. The zero-order valence-electron chi connectivity index (χ0n) is 20.7. The molecule has 31 heavy (non-hydrogen) atoms. The molecule has 0 bridgehead atoms. The summed E-state index contributed by atoms with van der Waals surface area (Å²) in [7, 11) is -2.05. The number of carbonyl (C=O) groups excluding carboxylic acids is 1. The Labute approximate surface area is 191 Å². The number of carbonyl (C=O) groups is 1. The van der Waals surface area contributed by atoms with Crippen LogP contribution in [0.4, 0.5) is 0 Å². The van der Waals surface area contributed by atoms with Gasteiger partial charge in [-0.05, 0) is 30.3 Å². The Morgan fingerprint density at radius 1 is 1.13 bits per heavy atom. The van der Waals surface area contributed by atoms with E-state index in [1.165, 1.54) is 0 Å². The quantitative estimate of drug-likeness (QED) is 0.194. The van der Waals surface area contributed by atoms with E-state index in [1.807, 2.05) is 18.2 Å². The predicted octanol–water partition coefficient (Wildman–Crippen LogP) is 6.07. The molecule has 0 N–H and O–H groups in total. The van der Waals surface area contributed by atoms with E-state index >= 15 is 0 Å². The molecule has 3 atom stereocenters. The van der Waals surface area contributed by atoms with E-state index in [0.717, 1.165) is 0 Å². The lowest BCUT2D eigenvalue weighted by Gasteiger charge is -2.41. The highest BCUT2D eigenvalue weighted by molar-refractivity contribution is 6.83. The van der Waals surface area contributed by atoms with Crippen LogP contribution in [0.2, 0.25) is 37.8 Å². The third-order valence-electron chi connectivity index (χ3n) is 5.43. The zero-order valence-corrected chi connectivity index (χ0v) is 22.7. The van der Waals surface area contributed by atoms with Gasteiger partial charge in [0, 0.05) is 13.5 Å². The van der Waals surface area contributed by atoms with Gasteiger partial charge in [0.15, 0.2) is 8.32 Å². The van der Waals surface area contributed by atoms with Crippen LogP contribution in [0.25, 0.3) is 0 Å². The Morgan fingerprint density at radius 3 is 2.16 bits per heavy atom. The molecular weight excluding hydrogens is 420 g/mol. The van der Waals surface area contributed by atoms with E-state index in [1.54, 1.807) is 25.3 Å². The lowest BCUT2D eigenvalue weighted by Crippen LogP contribution is -2.48. The van der Waals surface area contributed by atoms with Crippen molar-refractivity contribution in [2.45, 2.75) is 83.3 Å². The van der Waals surface area contributed by atoms with Gasteiger partial charge >= 0.3 is 5.97 Å². The lowest BCUT2D eigenvalue weighted by molar-refractivity contribution is -0.00471. The molecule has 0 radical (unpaired) electrons. The fraction of sp³-hybridized carbons (Fsp3) is 0.560. The van der Waals surface area contributed by atoms with Crippen LogP contribution >= 0.6 is 0 Å². The van der Waals surface area contributed by atoms with Gasteiger partial charge in [0.2, 0.25) is 0 Å². The molecule has 6 heteroatoms. The fourth-order valence-electron chi connectivity index (χ4n) is 2.58. The minimum Gasteiger partial charge on any atom is -0.454 e. The molecule has 0 aliphatic carbocycles. The van der Waals surface area contributed by atoms with Crippen molar-refractivity contribution >= 4 is 22.4 Å². The van der Waals surface area contributed by atoms with Crippen molar-refractivity contribution in [2.75, 3.05) is 7.11 Å². The summed E-state index contributed by atoms with van der Waals surface area (Å²) >= 11 is 0. The van der Waals surface area contributed by atoms with Gasteiger partial charge in [-0.2, -0.15) is 0 Å². The van der Waals surface area contributed by atoms with Gasteiger partial charge in [-0.25, -0.2) is 4.79 Å². The minimum atomic E-state index is -2.12. The first-order valence-electron chi connectivity index (χ1n) is 10.8. The molecule has 0 heterocycles. The summed E-state index contributed by atoms with van der Waals surface area (Å²) in [5.74, 6) is 2.93. The molecule has 1 aromatic rings. The highest BCUT2D eigenvalue weighted by atomic mass is 28.4. The number of methoxy groups -OCH3 is 1. The van der Waals surface area contributed by atoms with Crippen LogP contribution in [0.1, 0.15) is 37.6 Å². The molecule has 0 saturated heterocycles. The summed E-state index contributed by atoms with van der Waals surface area (Å²) < 4.78 is 18.2. The first-order chi connectivity index (χ1) is 14.2. The molecule has 0 aromatic heterocycles. The molecule has 0 fully saturated rings. The summed E-state index contributed by atoms with van der Waals surface area (Å²) in [6.07, 6.45) is 0.850. The summed E-state index contributed by atoms with van der Waals surface area (Å²) in [5.41, 5.74) is 3.91. The molecule has 0 spiro atoms. The molecular formula is C25H40O4Si2. The van der Waals surface area contributed by atoms with Crippen molar-refractivity contribution in [3.05, 3.63) is 48.6 Å². The Bertz CT molecular complexity index is 780. The van der Waals surface area contributed by atoms with Crippen LogP contribution in [0, 0.1) is 11.5 Å². The van der Waals surface area contributed by atoms with Crippen molar-refractivity contribution in [3.8, 4) is 11.5 Å². The molecule has 0 amide bonds. The van der Waals surface area contributed by atoms with E-state index in [-0.39, 0.29) is 17.1 Å². The zero-order chi connectivity index (χ0) is 23.9. The van der Waals surface area contributed by atoms with E-state index in [4.69, 9.17) is 13.9 Å². The second-order valence-electron chi connectivity index (χ2n) is 10.4. The van der Waals surface area contributed by atoms with Gasteiger partial charge < -0.3 is 13.9 Å². The Hall–Kier alpha value is -1.66. The van der Waals surface area contributed by atoms with E-state index in [2.05, 4.69) is 71.5 Å². The summed E-state index contributed by atoms with van der Waals surface area (Å²) in [6, 6.07) is 8.98. The number of esters is 1. The highest BCUT2D eigenvalue weighted by Gasteiger charge is 2.41. The monoisotopic (exact) mass is 460 g/mol. The normalized spacial score (nSPS) is 15.3. The average Bonchev–Trinajstić information content (AvgIpc) is 2.66. The van der Waals surface area contributed by atoms with Crippen molar-refractivity contribution in [2.24, 2.45) is 0 Å². The molecule has 1 rings (SSSR count). The van der Waals surface area contributed by atoms with Crippen molar-refractivity contribution in [1.29, 1.82) is 0 Å². The van der Waals surface area contributed by atoms with Crippen LogP contribution in [0.5, 0.6) is 0 Å². The van der Waals surface area contributed by atoms with Crippen molar-refractivity contribution < 1.29 is 18.7 Å². The second-order valence-corrected chi connectivity index (χ2v) is 19.9. The maximum Gasteiger partial charge on any atom is 0.338 e. The van der Waals surface area contributed by atoms with E-state index in [0.29, 0.717) is 12.0 Å². The predicted molar refractivity (Wildman–Crippen MR) is 134 cm³/mol. The molecule has 172 valence electrons.